The third kappa shape index (κ3) is 5.13. The highest BCUT2D eigenvalue weighted by molar-refractivity contribution is 9.08. The first-order valence-corrected chi connectivity index (χ1v) is 8.08. The maximum atomic E-state index is 4.58. The van der Waals surface area contributed by atoms with E-state index in [0.717, 1.165) is 12.1 Å². The fourth-order valence-corrected chi connectivity index (χ4v) is 2.74. The second-order valence-corrected chi connectivity index (χ2v) is 5.91. The topological polar surface area (TPSA) is 17.8 Å². The Labute approximate surface area is 121 Å². The van der Waals surface area contributed by atoms with Crippen LogP contribution in [0.1, 0.15) is 75.5 Å². The molecule has 0 bridgehead atoms. The summed E-state index contributed by atoms with van der Waals surface area (Å²) in [5.74, 6) is 1.18. The Kier molecular flexibility index (Phi) is 7.64. The van der Waals surface area contributed by atoms with Crippen molar-refractivity contribution in [3.8, 4) is 0 Å². The molecule has 1 aromatic rings. The summed E-state index contributed by atoms with van der Waals surface area (Å²) < 4.78 is 2.06. The number of aryl methyl sites for hydroxylation is 2. The Morgan fingerprint density at radius 2 is 1.50 bits per heavy atom. The molecule has 0 unspecified atom stereocenters. The van der Waals surface area contributed by atoms with Crippen LogP contribution in [0, 0.1) is 13.8 Å². The van der Waals surface area contributed by atoms with Crippen molar-refractivity contribution < 1.29 is 0 Å². The predicted octanol–water partition coefficient (Wildman–Crippen LogP) is 5.34. The summed E-state index contributed by atoms with van der Waals surface area (Å²) in [4.78, 5) is 4.58. The summed E-state index contributed by atoms with van der Waals surface area (Å²) >= 11 is 3.57. The number of imidazole rings is 1. The first kappa shape index (κ1) is 15.7. The van der Waals surface area contributed by atoms with Gasteiger partial charge in [-0.15, -0.1) is 0 Å². The standard InChI is InChI=1S/C15H27BrN2/c1-4-5-6-7-8-9-10-11-12-15-17-13(2)14(3)18(15)16/h4-12H2,1-3H3. The summed E-state index contributed by atoms with van der Waals surface area (Å²) in [6.07, 6.45) is 12.0. The molecule has 0 saturated carbocycles. The van der Waals surface area contributed by atoms with Crippen LogP contribution in [-0.4, -0.2) is 8.58 Å². The van der Waals surface area contributed by atoms with Gasteiger partial charge in [-0.05, 0) is 20.3 Å². The smallest absolute Gasteiger partial charge is 0.119 e. The van der Waals surface area contributed by atoms with E-state index in [1.54, 1.807) is 0 Å². The number of rotatable bonds is 9. The van der Waals surface area contributed by atoms with Crippen molar-refractivity contribution in [3.63, 3.8) is 0 Å². The Bertz CT molecular complexity index is 345. The number of unbranched alkanes of at least 4 members (excludes halogenated alkanes) is 7. The van der Waals surface area contributed by atoms with Gasteiger partial charge in [0.1, 0.15) is 5.82 Å². The van der Waals surface area contributed by atoms with Crippen LogP contribution in [0.4, 0.5) is 0 Å². The molecule has 2 nitrogen and oxygen atoms in total. The molecule has 0 saturated heterocycles. The largest absolute Gasteiger partial charge is 0.267 e. The van der Waals surface area contributed by atoms with E-state index in [0.29, 0.717) is 0 Å². The molecule has 3 heteroatoms. The van der Waals surface area contributed by atoms with E-state index in [9.17, 15) is 0 Å². The fraction of sp³-hybridized carbons (Fsp3) is 0.800. The van der Waals surface area contributed by atoms with E-state index in [1.165, 1.54) is 62.9 Å². The van der Waals surface area contributed by atoms with Gasteiger partial charge in [-0.2, -0.15) is 0 Å². The molecule has 0 aliphatic carbocycles. The lowest BCUT2D eigenvalue weighted by atomic mass is 10.1. The fourth-order valence-electron chi connectivity index (χ4n) is 2.23. The van der Waals surface area contributed by atoms with Crippen LogP contribution in [0.2, 0.25) is 0 Å². The Morgan fingerprint density at radius 3 is 2.00 bits per heavy atom. The zero-order valence-electron chi connectivity index (χ0n) is 12.1. The van der Waals surface area contributed by atoms with Crippen LogP contribution in [0.15, 0.2) is 0 Å². The molecule has 1 heterocycles. The SMILES string of the molecule is CCCCCCCCCCc1nc(C)c(C)n1Br. The van der Waals surface area contributed by atoms with Crippen LogP contribution in [0.25, 0.3) is 0 Å². The Hall–Kier alpha value is -0.310. The minimum Gasteiger partial charge on any atom is -0.267 e. The van der Waals surface area contributed by atoms with Gasteiger partial charge in [-0.1, -0.05) is 51.9 Å². The zero-order chi connectivity index (χ0) is 13.4. The van der Waals surface area contributed by atoms with Crippen molar-refractivity contribution >= 4 is 16.1 Å². The van der Waals surface area contributed by atoms with E-state index < -0.39 is 0 Å². The number of aromatic nitrogens is 2. The molecule has 0 spiro atoms. The van der Waals surface area contributed by atoms with Gasteiger partial charge in [0.15, 0.2) is 0 Å². The third-order valence-electron chi connectivity index (χ3n) is 3.60. The molecular formula is C15H27BrN2. The number of nitrogens with zero attached hydrogens (tertiary/aromatic N) is 2. The summed E-state index contributed by atoms with van der Waals surface area (Å²) in [5, 5.41) is 0. The van der Waals surface area contributed by atoms with Gasteiger partial charge < -0.3 is 0 Å². The molecule has 0 radical (unpaired) electrons. The van der Waals surface area contributed by atoms with Crippen molar-refractivity contribution in [3.05, 3.63) is 17.2 Å². The molecule has 0 fully saturated rings. The normalized spacial score (nSPS) is 11.1. The lowest BCUT2D eigenvalue weighted by Gasteiger charge is -2.02. The second kappa shape index (κ2) is 8.73. The minimum absolute atomic E-state index is 1.09. The van der Waals surface area contributed by atoms with E-state index in [2.05, 4.69) is 45.5 Å². The van der Waals surface area contributed by atoms with Crippen LogP contribution >= 0.6 is 16.1 Å². The minimum atomic E-state index is 1.09. The Balaban J connectivity index is 2.09. The molecule has 18 heavy (non-hydrogen) atoms. The van der Waals surface area contributed by atoms with Gasteiger partial charge in [-0.3, -0.25) is 3.59 Å². The summed E-state index contributed by atoms with van der Waals surface area (Å²) in [5.41, 5.74) is 2.37. The Morgan fingerprint density at radius 1 is 0.944 bits per heavy atom. The van der Waals surface area contributed by atoms with Gasteiger partial charge in [0.05, 0.1) is 21.8 Å². The molecule has 0 amide bonds. The molecule has 1 rings (SSSR count). The molecule has 0 aliphatic heterocycles. The first-order chi connectivity index (χ1) is 8.66. The average Bonchev–Trinajstić information content (AvgIpc) is 2.60. The van der Waals surface area contributed by atoms with Crippen molar-refractivity contribution in [1.82, 2.24) is 8.58 Å². The summed E-state index contributed by atoms with van der Waals surface area (Å²) in [7, 11) is 0. The van der Waals surface area contributed by atoms with Gasteiger partial charge in [0, 0.05) is 12.1 Å². The van der Waals surface area contributed by atoms with E-state index >= 15 is 0 Å². The lowest BCUT2D eigenvalue weighted by molar-refractivity contribution is 0.572. The van der Waals surface area contributed by atoms with Crippen molar-refractivity contribution in [1.29, 1.82) is 0 Å². The van der Waals surface area contributed by atoms with Gasteiger partial charge in [-0.25, -0.2) is 4.98 Å². The first-order valence-electron chi connectivity index (χ1n) is 7.37. The molecule has 104 valence electrons. The number of hydrogen-bond donors (Lipinski definition) is 0. The number of halogens is 1. The average molecular weight is 315 g/mol. The molecule has 0 aromatic carbocycles. The second-order valence-electron chi connectivity index (χ2n) is 5.20. The van der Waals surface area contributed by atoms with E-state index in [4.69, 9.17) is 0 Å². The molecule has 1 aromatic heterocycles. The van der Waals surface area contributed by atoms with Crippen molar-refractivity contribution in [2.24, 2.45) is 0 Å². The molecule has 0 atom stereocenters. The monoisotopic (exact) mass is 314 g/mol. The van der Waals surface area contributed by atoms with E-state index in [1.807, 2.05) is 0 Å². The van der Waals surface area contributed by atoms with Crippen LogP contribution in [0.5, 0.6) is 0 Å². The molecular weight excluding hydrogens is 288 g/mol. The van der Waals surface area contributed by atoms with Crippen LogP contribution in [-0.2, 0) is 6.42 Å². The van der Waals surface area contributed by atoms with Crippen molar-refractivity contribution in [2.45, 2.75) is 78.6 Å². The van der Waals surface area contributed by atoms with E-state index in [-0.39, 0.29) is 0 Å². The maximum absolute atomic E-state index is 4.58. The molecule has 0 N–H and O–H groups in total. The third-order valence-corrected chi connectivity index (χ3v) is 4.54. The van der Waals surface area contributed by atoms with Gasteiger partial charge in [0.25, 0.3) is 0 Å². The molecule has 0 aliphatic rings. The predicted molar refractivity (Wildman–Crippen MR) is 82.3 cm³/mol. The maximum Gasteiger partial charge on any atom is 0.119 e. The highest BCUT2D eigenvalue weighted by Crippen LogP contribution is 2.16. The van der Waals surface area contributed by atoms with Gasteiger partial charge >= 0.3 is 0 Å². The van der Waals surface area contributed by atoms with Gasteiger partial charge in [0.2, 0.25) is 0 Å². The highest BCUT2D eigenvalue weighted by Gasteiger charge is 2.07. The summed E-state index contributed by atoms with van der Waals surface area (Å²) in [6, 6.07) is 0. The van der Waals surface area contributed by atoms with Crippen LogP contribution < -0.4 is 0 Å². The summed E-state index contributed by atoms with van der Waals surface area (Å²) in [6.45, 7) is 6.45. The number of hydrogen-bond acceptors (Lipinski definition) is 1. The zero-order valence-corrected chi connectivity index (χ0v) is 13.7. The highest BCUT2D eigenvalue weighted by atomic mass is 79.9. The lowest BCUT2D eigenvalue weighted by Crippen LogP contribution is -1.94. The van der Waals surface area contributed by atoms with Crippen molar-refractivity contribution in [2.75, 3.05) is 0 Å². The van der Waals surface area contributed by atoms with Crippen LogP contribution in [0.3, 0.4) is 0 Å². The quantitative estimate of drug-likeness (QED) is 0.562.